The quantitative estimate of drug-likeness (QED) is 0.782. The van der Waals surface area contributed by atoms with Crippen LogP contribution >= 0.6 is 0 Å². The highest BCUT2D eigenvalue weighted by atomic mass is 19.4. The first-order valence-corrected chi connectivity index (χ1v) is 8.79. The Morgan fingerprint density at radius 2 is 1.86 bits per heavy atom. The Morgan fingerprint density at radius 3 is 2.25 bits per heavy atom. The van der Waals surface area contributed by atoms with Crippen LogP contribution in [0.4, 0.5) is 24.7 Å². The van der Waals surface area contributed by atoms with Crippen LogP contribution in [0.2, 0.25) is 0 Å². The van der Waals surface area contributed by atoms with Gasteiger partial charge in [0.15, 0.2) is 5.82 Å². The standard InChI is InChI=1S/C12H12F3NO2.C7H12N2O/c13-12(14,15)8-3-5-9(6-4-8)16-7-1-2-10(16)11(17)18;1-7(2,3)5-4-6(8)9-10-5/h3-6,10H,1-2,7H2,(H,17,18);4H,1-3H3,(H2,8,9)/t10-;/m1./s1. The summed E-state index contributed by atoms with van der Waals surface area (Å²) in [6, 6.07) is 5.72. The number of carbonyl (C=O) groups is 1. The van der Waals surface area contributed by atoms with Gasteiger partial charge < -0.3 is 20.3 Å². The summed E-state index contributed by atoms with van der Waals surface area (Å²) in [6.07, 6.45) is -3.11. The van der Waals surface area contributed by atoms with Gasteiger partial charge in [-0.05, 0) is 37.1 Å². The van der Waals surface area contributed by atoms with Gasteiger partial charge >= 0.3 is 12.1 Å². The maximum atomic E-state index is 12.4. The van der Waals surface area contributed by atoms with Crippen LogP contribution in [0.25, 0.3) is 0 Å². The molecule has 0 spiro atoms. The molecule has 1 atom stereocenters. The predicted octanol–water partition coefficient (Wildman–Crippen LogP) is 4.31. The molecule has 0 amide bonds. The van der Waals surface area contributed by atoms with Crippen molar-refractivity contribution >= 4 is 17.5 Å². The molecular weight excluding hydrogens is 375 g/mol. The Kier molecular flexibility index (Phi) is 6.26. The second-order valence-corrected chi connectivity index (χ2v) is 7.60. The number of carboxylic acids is 1. The van der Waals surface area contributed by atoms with Crippen molar-refractivity contribution in [2.75, 3.05) is 17.2 Å². The van der Waals surface area contributed by atoms with Gasteiger partial charge in [-0.15, -0.1) is 0 Å². The maximum absolute atomic E-state index is 12.4. The molecule has 0 aliphatic carbocycles. The van der Waals surface area contributed by atoms with Crippen LogP contribution in [-0.4, -0.2) is 28.8 Å². The van der Waals surface area contributed by atoms with E-state index in [4.69, 9.17) is 15.4 Å². The Bertz CT molecular complexity index is 795. The Labute approximate surface area is 161 Å². The van der Waals surface area contributed by atoms with Crippen molar-refractivity contribution in [3.05, 3.63) is 41.7 Å². The third-order valence-corrected chi connectivity index (χ3v) is 4.33. The van der Waals surface area contributed by atoms with E-state index >= 15 is 0 Å². The summed E-state index contributed by atoms with van der Waals surface area (Å²) in [5, 5.41) is 12.6. The molecular formula is C19H24F3N3O3. The highest BCUT2D eigenvalue weighted by Gasteiger charge is 2.33. The number of nitrogens with two attached hydrogens (primary N) is 1. The van der Waals surface area contributed by atoms with Crippen molar-refractivity contribution in [2.24, 2.45) is 0 Å². The number of alkyl halides is 3. The third-order valence-electron chi connectivity index (χ3n) is 4.33. The van der Waals surface area contributed by atoms with Gasteiger partial charge in [0.2, 0.25) is 0 Å². The van der Waals surface area contributed by atoms with E-state index in [1.807, 2.05) is 20.8 Å². The van der Waals surface area contributed by atoms with E-state index in [2.05, 4.69) is 5.16 Å². The van der Waals surface area contributed by atoms with Crippen LogP contribution in [0.15, 0.2) is 34.9 Å². The van der Waals surface area contributed by atoms with Crippen LogP contribution in [0.5, 0.6) is 0 Å². The summed E-state index contributed by atoms with van der Waals surface area (Å²) in [7, 11) is 0. The first-order valence-electron chi connectivity index (χ1n) is 8.79. The molecule has 1 aliphatic rings. The molecule has 1 aliphatic heterocycles. The molecule has 0 radical (unpaired) electrons. The molecule has 0 bridgehead atoms. The number of carboxylic acid groups (broad SMARTS) is 1. The van der Waals surface area contributed by atoms with Crippen LogP contribution < -0.4 is 10.6 Å². The van der Waals surface area contributed by atoms with E-state index in [1.165, 1.54) is 12.1 Å². The number of rotatable bonds is 2. The Balaban J connectivity index is 0.000000237. The van der Waals surface area contributed by atoms with E-state index in [-0.39, 0.29) is 5.41 Å². The van der Waals surface area contributed by atoms with Gasteiger partial charge in [-0.25, -0.2) is 4.79 Å². The largest absolute Gasteiger partial charge is 0.480 e. The zero-order chi connectivity index (χ0) is 21.1. The number of benzene rings is 1. The van der Waals surface area contributed by atoms with Gasteiger partial charge in [-0.2, -0.15) is 13.2 Å². The van der Waals surface area contributed by atoms with E-state index in [0.717, 1.165) is 24.3 Å². The number of anilines is 2. The van der Waals surface area contributed by atoms with Crippen LogP contribution in [0, 0.1) is 0 Å². The number of aliphatic carboxylic acids is 1. The second kappa shape index (κ2) is 8.12. The maximum Gasteiger partial charge on any atom is 0.416 e. The third kappa shape index (κ3) is 5.40. The highest BCUT2D eigenvalue weighted by Crippen LogP contribution is 2.32. The summed E-state index contributed by atoms with van der Waals surface area (Å²) in [5.74, 6) is 0.335. The molecule has 2 heterocycles. The van der Waals surface area contributed by atoms with E-state index in [1.54, 1.807) is 11.0 Å². The number of nitrogens with zero attached hydrogens (tertiary/aromatic N) is 2. The number of aromatic nitrogens is 1. The van der Waals surface area contributed by atoms with Crippen molar-refractivity contribution in [3.63, 3.8) is 0 Å². The molecule has 1 aromatic heterocycles. The van der Waals surface area contributed by atoms with E-state index in [0.29, 0.717) is 24.5 Å². The summed E-state index contributed by atoms with van der Waals surface area (Å²) in [5.41, 5.74) is 5.17. The lowest BCUT2D eigenvalue weighted by Gasteiger charge is -2.23. The molecule has 1 aromatic carbocycles. The first-order chi connectivity index (χ1) is 12.9. The van der Waals surface area contributed by atoms with Gasteiger partial charge in [0.25, 0.3) is 0 Å². The lowest BCUT2D eigenvalue weighted by Crippen LogP contribution is -2.35. The molecule has 9 heteroatoms. The minimum atomic E-state index is -4.37. The minimum Gasteiger partial charge on any atom is -0.480 e. The monoisotopic (exact) mass is 399 g/mol. The summed E-state index contributed by atoms with van der Waals surface area (Å²) in [4.78, 5) is 12.6. The average Bonchev–Trinajstić information content (AvgIpc) is 3.23. The van der Waals surface area contributed by atoms with Crippen molar-refractivity contribution in [2.45, 2.75) is 51.2 Å². The first kappa shape index (κ1) is 21.6. The minimum absolute atomic E-state index is 0.00458. The summed E-state index contributed by atoms with van der Waals surface area (Å²) >= 11 is 0. The molecule has 1 saturated heterocycles. The van der Waals surface area contributed by atoms with Gasteiger partial charge in [0.1, 0.15) is 11.8 Å². The SMILES string of the molecule is CC(C)(C)c1cc(N)no1.O=C(O)[C@H]1CCCN1c1ccc(C(F)(F)F)cc1. The van der Waals surface area contributed by atoms with Crippen molar-refractivity contribution in [3.8, 4) is 0 Å². The van der Waals surface area contributed by atoms with Crippen molar-refractivity contribution in [1.29, 1.82) is 0 Å². The fraction of sp³-hybridized carbons (Fsp3) is 0.474. The number of nitrogen functional groups attached to an aromatic ring is 1. The lowest BCUT2D eigenvalue weighted by atomic mass is 9.93. The molecule has 3 N–H and O–H groups in total. The van der Waals surface area contributed by atoms with E-state index < -0.39 is 23.8 Å². The van der Waals surface area contributed by atoms with Crippen molar-refractivity contribution < 1.29 is 27.6 Å². The molecule has 3 rings (SSSR count). The average molecular weight is 399 g/mol. The molecule has 0 unspecified atom stereocenters. The Morgan fingerprint density at radius 1 is 1.25 bits per heavy atom. The smallest absolute Gasteiger partial charge is 0.416 e. The predicted molar refractivity (Wildman–Crippen MR) is 99.1 cm³/mol. The second-order valence-electron chi connectivity index (χ2n) is 7.60. The molecule has 28 heavy (non-hydrogen) atoms. The summed E-state index contributed by atoms with van der Waals surface area (Å²) < 4.78 is 42.1. The molecule has 2 aromatic rings. The Hall–Kier alpha value is -2.71. The zero-order valence-electron chi connectivity index (χ0n) is 16.0. The highest BCUT2D eigenvalue weighted by molar-refractivity contribution is 5.79. The van der Waals surface area contributed by atoms with Gasteiger partial charge in [-0.3, -0.25) is 0 Å². The normalized spacial score (nSPS) is 17.2. The topological polar surface area (TPSA) is 92.6 Å². The zero-order valence-corrected chi connectivity index (χ0v) is 16.0. The molecule has 1 fully saturated rings. The fourth-order valence-corrected chi connectivity index (χ4v) is 2.82. The van der Waals surface area contributed by atoms with Gasteiger partial charge in [-0.1, -0.05) is 25.9 Å². The number of hydrogen-bond donors (Lipinski definition) is 2. The van der Waals surface area contributed by atoms with Crippen LogP contribution in [0.1, 0.15) is 44.9 Å². The van der Waals surface area contributed by atoms with Crippen molar-refractivity contribution in [1.82, 2.24) is 5.16 Å². The summed E-state index contributed by atoms with van der Waals surface area (Å²) in [6.45, 7) is 6.70. The number of hydrogen-bond acceptors (Lipinski definition) is 5. The molecule has 0 saturated carbocycles. The van der Waals surface area contributed by atoms with Crippen LogP contribution in [-0.2, 0) is 16.4 Å². The number of halogens is 3. The molecule has 154 valence electrons. The van der Waals surface area contributed by atoms with Crippen LogP contribution in [0.3, 0.4) is 0 Å². The van der Waals surface area contributed by atoms with Gasteiger partial charge in [0.05, 0.1) is 5.56 Å². The van der Waals surface area contributed by atoms with Gasteiger partial charge in [0, 0.05) is 23.7 Å². The lowest BCUT2D eigenvalue weighted by molar-refractivity contribution is -0.139. The van der Waals surface area contributed by atoms with E-state index in [9.17, 15) is 18.0 Å². The fourth-order valence-electron chi connectivity index (χ4n) is 2.82. The molecule has 6 nitrogen and oxygen atoms in total.